The molecule has 0 radical (unpaired) electrons. The Hall–Kier alpha value is -1.91. The van der Waals surface area contributed by atoms with E-state index in [9.17, 15) is 13.2 Å². The molecule has 0 unspecified atom stereocenters. The van der Waals surface area contributed by atoms with E-state index in [4.69, 9.17) is 9.15 Å². The van der Waals surface area contributed by atoms with Gasteiger partial charge in [0.05, 0.1) is 19.4 Å². The van der Waals surface area contributed by atoms with Crippen LogP contribution in [0.4, 0.5) is 13.2 Å². The summed E-state index contributed by atoms with van der Waals surface area (Å²) in [4.78, 5) is 4.38. The van der Waals surface area contributed by atoms with Crippen molar-refractivity contribution in [2.75, 3.05) is 13.2 Å². The van der Waals surface area contributed by atoms with E-state index in [0.717, 1.165) is 5.76 Å². The number of rotatable bonds is 7. The molecule has 26 heavy (non-hydrogen) atoms. The lowest BCUT2D eigenvalue weighted by atomic mass is 10.2. The van der Waals surface area contributed by atoms with E-state index in [2.05, 4.69) is 15.6 Å². The molecule has 2 aromatic rings. The quantitative estimate of drug-likeness (QED) is 0.354. The number of hydrogen-bond donors (Lipinski definition) is 2. The fourth-order valence-electron chi connectivity index (χ4n) is 2.02. The Morgan fingerprint density at radius 3 is 2.58 bits per heavy atom. The number of hydrogen-bond acceptors (Lipinski definition) is 3. The van der Waals surface area contributed by atoms with Crippen LogP contribution < -0.4 is 15.4 Å². The second kappa shape index (κ2) is 10.9. The van der Waals surface area contributed by atoms with Gasteiger partial charge < -0.3 is 19.8 Å². The highest BCUT2D eigenvalue weighted by molar-refractivity contribution is 14.0. The van der Waals surface area contributed by atoms with Crippen molar-refractivity contribution in [3.8, 4) is 5.75 Å². The SMILES string of the molecule is CCNC(=NCc1ccccc1OCC(F)(F)F)NCc1ccco1.I. The van der Waals surface area contributed by atoms with Crippen molar-refractivity contribution in [3.63, 3.8) is 0 Å². The van der Waals surface area contributed by atoms with Crippen molar-refractivity contribution >= 4 is 29.9 Å². The zero-order valence-corrected chi connectivity index (χ0v) is 16.5. The molecule has 0 saturated heterocycles. The number of para-hydroxylation sites is 1. The maximum atomic E-state index is 12.3. The highest BCUT2D eigenvalue weighted by atomic mass is 127. The number of halogens is 4. The summed E-state index contributed by atoms with van der Waals surface area (Å²) in [5.74, 6) is 1.45. The standard InChI is InChI=1S/C17H20F3N3O2.HI/c1-2-21-16(23-11-14-7-5-9-24-14)22-10-13-6-3-4-8-15(13)25-12-17(18,19)20;/h3-9H,2,10-12H2,1H3,(H2,21,22,23);1H. The second-order valence-electron chi connectivity index (χ2n) is 5.14. The number of nitrogens with zero attached hydrogens (tertiary/aromatic N) is 1. The number of nitrogens with one attached hydrogen (secondary N) is 2. The molecule has 0 amide bonds. The molecule has 5 nitrogen and oxygen atoms in total. The van der Waals surface area contributed by atoms with Crippen LogP contribution >= 0.6 is 24.0 Å². The molecule has 1 aromatic heterocycles. The number of aliphatic imine (C=N–C) groups is 1. The summed E-state index contributed by atoms with van der Waals surface area (Å²) < 4.78 is 47.1. The fraction of sp³-hybridized carbons (Fsp3) is 0.353. The molecule has 0 fully saturated rings. The number of benzene rings is 1. The first-order valence-electron chi connectivity index (χ1n) is 7.80. The lowest BCUT2D eigenvalue weighted by Gasteiger charge is -2.13. The molecule has 1 heterocycles. The Morgan fingerprint density at radius 1 is 1.15 bits per heavy atom. The fourth-order valence-corrected chi connectivity index (χ4v) is 2.02. The number of ether oxygens (including phenoxy) is 1. The first kappa shape index (κ1) is 22.1. The van der Waals surface area contributed by atoms with Crippen molar-refractivity contribution in [1.82, 2.24) is 10.6 Å². The monoisotopic (exact) mass is 483 g/mol. The summed E-state index contributed by atoms with van der Waals surface area (Å²) in [5, 5.41) is 6.16. The van der Waals surface area contributed by atoms with Gasteiger partial charge in [-0.05, 0) is 25.1 Å². The number of furan rings is 1. The molecule has 144 valence electrons. The largest absolute Gasteiger partial charge is 0.484 e. The first-order chi connectivity index (χ1) is 12.0. The summed E-state index contributed by atoms with van der Waals surface area (Å²) >= 11 is 0. The zero-order valence-electron chi connectivity index (χ0n) is 14.2. The van der Waals surface area contributed by atoms with Crippen LogP contribution in [0.3, 0.4) is 0 Å². The molecule has 0 bridgehead atoms. The average molecular weight is 483 g/mol. The Labute approximate surface area is 167 Å². The lowest BCUT2D eigenvalue weighted by Crippen LogP contribution is -2.36. The zero-order chi connectivity index (χ0) is 18.1. The van der Waals surface area contributed by atoms with Crippen molar-refractivity contribution < 1.29 is 22.3 Å². The summed E-state index contributed by atoms with van der Waals surface area (Å²) in [6.07, 6.45) is -2.80. The Kier molecular flexibility index (Phi) is 9.31. The smallest absolute Gasteiger partial charge is 0.422 e. The highest BCUT2D eigenvalue weighted by Crippen LogP contribution is 2.22. The number of guanidine groups is 1. The predicted molar refractivity (Wildman–Crippen MR) is 104 cm³/mol. The van der Waals surface area contributed by atoms with E-state index in [1.54, 1.807) is 30.5 Å². The van der Waals surface area contributed by atoms with Crippen LogP contribution in [-0.4, -0.2) is 25.3 Å². The third kappa shape index (κ3) is 7.98. The lowest BCUT2D eigenvalue weighted by molar-refractivity contribution is -0.153. The normalized spacial score (nSPS) is 11.6. The van der Waals surface area contributed by atoms with Gasteiger partial charge in [-0.1, -0.05) is 18.2 Å². The van der Waals surface area contributed by atoms with Gasteiger partial charge in [-0.15, -0.1) is 24.0 Å². The van der Waals surface area contributed by atoms with Crippen LogP contribution in [-0.2, 0) is 13.1 Å². The van der Waals surface area contributed by atoms with Crippen LogP contribution in [0.2, 0.25) is 0 Å². The van der Waals surface area contributed by atoms with Gasteiger partial charge in [-0.25, -0.2) is 4.99 Å². The summed E-state index contributed by atoms with van der Waals surface area (Å²) in [6.45, 7) is 1.87. The van der Waals surface area contributed by atoms with Gasteiger partial charge in [-0.2, -0.15) is 13.2 Å². The molecule has 9 heteroatoms. The highest BCUT2D eigenvalue weighted by Gasteiger charge is 2.28. The average Bonchev–Trinajstić information content (AvgIpc) is 3.09. The van der Waals surface area contributed by atoms with Crippen LogP contribution in [0.15, 0.2) is 52.1 Å². The van der Waals surface area contributed by atoms with Gasteiger partial charge in [0.2, 0.25) is 0 Å². The third-order valence-electron chi connectivity index (χ3n) is 3.13. The molecule has 0 aliphatic heterocycles. The molecule has 0 spiro atoms. The van der Waals surface area contributed by atoms with E-state index in [0.29, 0.717) is 24.6 Å². The van der Waals surface area contributed by atoms with Gasteiger partial charge in [0, 0.05) is 12.1 Å². The minimum atomic E-state index is -4.38. The minimum absolute atomic E-state index is 0. The number of alkyl halides is 3. The van der Waals surface area contributed by atoms with E-state index in [1.807, 2.05) is 13.0 Å². The molecule has 0 aliphatic carbocycles. The van der Waals surface area contributed by atoms with Gasteiger partial charge >= 0.3 is 6.18 Å². The summed E-state index contributed by atoms with van der Waals surface area (Å²) in [6, 6.07) is 10.2. The van der Waals surface area contributed by atoms with E-state index in [-0.39, 0.29) is 36.3 Å². The van der Waals surface area contributed by atoms with Gasteiger partial charge in [0.15, 0.2) is 12.6 Å². The summed E-state index contributed by atoms with van der Waals surface area (Å²) in [7, 11) is 0. The van der Waals surface area contributed by atoms with E-state index < -0.39 is 12.8 Å². The Morgan fingerprint density at radius 2 is 1.92 bits per heavy atom. The van der Waals surface area contributed by atoms with E-state index >= 15 is 0 Å². The Bertz CT molecular complexity index is 676. The van der Waals surface area contributed by atoms with Crippen molar-refractivity contribution in [1.29, 1.82) is 0 Å². The van der Waals surface area contributed by atoms with Crippen molar-refractivity contribution in [3.05, 3.63) is 54.0 Å². The molecule has 2 N–H and O–H groups in total. The maximum Gasteiger partial charge on any atom is 0.422 e. The first-order valence-corrected chi connectivity index (χ1v) is 7.80. The van der Waals surface area contributed by atoms with Crippen LogP contribution in [0, 0.1) is 0 Å². The Balaban J connectivity index is 0.00000338. The molecule has 1 aromatic carbocycles. The molecule has 0 aliphatic rings. The van der Waals surface area contributed by atoms with Gasteiger partial charge in [0.25, 0.3) is 0 Å². The van der Waals surface area contributed by atoms with E-state index in [1.165, 1.54) is 6.07 Å². The van der Waals surface area contributed by atoms with Crippen LogP contribution in [0.1, 0.15) is 18.2 Å². The topological polar surface area (TPSA) is 58.8 Å². The molecule has 2 rings (SSSR count). The molecular weight excluding hydrogens is 462 g/mol. The predicted octanol–water partition coefficient (Wildman–Crippen LogP) is 4.09. The van der Waals surface area contributed by atoms with Crippen LogP contribution in [0.5, 0.6) is 5.75 Å². The molecule has 0 atom stereocenters. The van der Waals surface area contributed by atoms with Gasteiger partial charge in [0.1, 0.15) is 11.5 Å². The maximum absolute atomic E-state index is 12.3. The van der Waals surface area contributed by atoms with Crippen molar-refractivity contribution in [2.45, 2.75) is 26.2 Å². The molecule has 0 saturated carbocycles. The van der Waals surface area contributed by atoms with Gasteiger partial charge in [-0.3, -0.25) is 0 Å². The summed E-state index contributed by atoms with van der Waals surface area (Å²) in [5.41, 5.74) is 0.571. The minimum Gasteiger partial charge on any atom is -0.484 e. The second-order valence-corrected chi connectivity index (χ2v) is 5.14. The molecular formula is C17H21F3IN3O2. The third-order valence-corrected chi connectivity index (χ3v) is 3.13. The van der Waals surface area contributed by atoms with Crippen molar-refractivity contribution in [2.24, 2.45) is 4.99 Å². The van der Waals surface area contributed by atoms with Crippen LogP contribution in [0.25, 0.3) is 0 Å².